The highest BCUT2D eigenvalue weighted by molar-refractivity contribution is 5.88. The zero-order valence-electron chi connectivity index (χ0n) is 18.1. The molecule has 168 valence electrons. The van der Waals surface area contributed by atoms with Crippen LogP contribution in [0.15, 0.2) is 60.7 Å². The van der Waals surface area contributed by atoms with Crippen LogP contribution in [-0.2, 0) is 14.3 Å². The summed E-state index contributed by atoms with van der Waals surface area (Å²) in [6.45, 7) is 2.93. The van der Waals surface area contributed by atoms with Crippen molar-refractivity contribution in [1.29, 1.82) is 0 Å². The fraction of sp³-hybridized carbons (Fsp3) is 0.320. The van der Waals surface area contributed by atoms with Crippen molar-refractivity contribution in [2.45, 2.75) is 25.7 Å². The van der Waals surface area contributed by atoms with Crippen molar-refractivity contribution >= 4 is 18.0 Å². The average molecular weight is 437 g/mol. The maximum atomic E-state index is 12.2. The van der Waals surface area contributed by atoms with Crippen LogP contribution in [0.5, 0.6) is 0 Å². The van der Waals surface area contributed by atoms with Crippen molar-refractivity contribution in [3.63, 3.8) is 0 Å². The molecule has 0 bridgehead atoms. The van der Waals surface area contributed by atoms with Crippen molar-refractivity contribution in [3.8, 4) is 11.1 Å². The third-order valence-corrected chi connectivity index (χ3v) is 5.37. The van der Waals surface area contributed by atoms with Crippen LogP contribution >= 0.6 is 0 Å². The predicted molar refractivity (Wildman–Crippen MR) is 121 cm³/mol. The first-order valence-electron chi connectivity index (χ1n) is 10.8. The van der Waals surface area contributed by atoms with Gasteiger partial charge in [0, 0.05) is 31.6 Å². The molecule has 0 atom stereocenters. The number of fused-ring (bicyclic) bond motifs is 3. The van der Waals surface area contributed by atoms with Crippen LogP contribution in [0.2, 0.25) is 0 Å². The number of amides is 2. The minimum absolute atomic E-state index is 0.0119. The number of ether oxygens (including phenoxy) is 1. The molecular weight excluding hydrogens is 408 g/mol. The van der Waals surface area contributed by atoms with Gasteiger partial charge in [0.15, 0.2) is 0 Å². The second kappa shape index (κ2) is 11.1. The molecule has 2 amide bonds. The molecule has 0 fully saturated rings. The van der Waals surface area contributed by atoms with Gasteiger partial charge in [-0.15, -0.1) is 0 Å². The first-order valence-corrected chi connectivity index (χ1v) is 10.8. The number of carboxylic acid groups (broad SMARTS) is 1. The molecule has 2 aromatic rings. The number of nitrogens with zero attached hydrogens (tertiary/aromatic N) is 1. The lowest BCUT2D eigenvalue weighted by Gasteiger charge is -2.19. The number of carboxylic acids is 1. The molecule has 7 nitrogen and oxygen atoms in total. The summed E-state index contributed by atoms with van der Waals surface area (Å²) >= 11 is 0. The topological polar surface area (TPSA) is 95.9 Å². The number of carbonyl (C=O) groups excluding carboxylic acids is 2. The van der Waals surface area contributed by atoms with E-state index < -0.39 is 12.1 Å². The standard InChI is InChI=1S/C25H28N2O5/c1-2-15-27(16-13-24(29)30)23(28)12-7-14-26-25(31)32-17-22-20-10-5-3-8-18(20)19-9-4-6-11-21(19)22/h3-12,22H,2,13-17H2,1H3,(H,26,31)(H,29,30)/b12-7+. The SMILES string of the molecule is CCCN(CCC(=O)O)C(=O)/C=C/CNC(=O)OCC1c2ccccc2-c2ccccc21. The highest BCUT2D eigenvalue weighted by Gasteiger charge is 2.28. The molecule has 0 spiro atoms. The van der Waals surface area contributed by atoms with Gasteiger partial charge in [-0.1, -0.05) is 61.5 Å². The minimum atomic E-state index is -0.945. The molecule has 3 rings (SSSR count). The van der Waals surface area contributed by atoms with Crippen LogP contribution in [0.1, 0.15) is 36.8 Å². The van der Waals surface area contributed by atoms with E-state index in [9.17, 15) is 14.4 Å². The van der Waals surface area contributed by atoms with E-state index >= 15 is 0 Å². The highest BCUT2D eigenvalue weighted by Crippen LogP contribution is 2.44. The number of hydrogen-bond acceptors (Lipinski definition) is 4. The second-order valence-corrected chi connectivity index (χ2v) is 7.58. The fourth-order valence-corrected chi connectivity index (χ4v) is 3.89. The summed E-state index contributed by atoms with van der Waals surface area (Å²) in [6.07, 6.45) is 2.96. The molecule has 0 saturated carbocycles. The molecule has 7 heteroatoms. The maximum absolute atomic E-state index is 12.2. The Morgan fingerprint density at radius 1 is 1.03 bits per heavy atom. The molecule has 32 heavy (non-hydrogen) atoms. The van der Waals surface area contributed by atoms with Crippen LogP contribution in [0.4, 0.5) is 4.79 Å². The number of carbonyl (C=O) groups is 3. The van der Waals surface area contributed by atoms with Gasteiger partial charge in [0.1, 0.15) is 6.61 Å². The normalized spacial score (nSPS) is 12.3. The van der Waals surface area contributed by atoms with Crippen LogP contribution in [0.3, 0.4) is 0 Å². The Labute approximate surface area is 187 Å². The molecule has 0 heterocycles. The lowest BCUT2D eigenvalue weighted by Crippen LogP contribution is -2.32. The number of hydrogen-bond donors (Lipinski definition) is 2. The quantitative estimate of drug-likeness (QED) is 0.553. The van der Waals surface area contributed by atoms with Crippen molar-refractivity contribution in [2.75, 3.05) is 26.2 Å². The molecular formula is C25H28N2O5. The molecule has 0 unspecified atom stereocenters. The largest absolute Gasteiger partial charge is 0.481 e. The summed E-state index contributed by atoms with van der Waals surface area (Å²) in [7, 11) is 0. The summed E-state index contributed by atoms with van der Waals surface area (Å²) in [5, 5.41) is 11.4. The number of rotatable bonds is 10. The van der Waals surface area contributed by atoms with Gasteiger partial charge in [-0.25, -0.2) is 4.79 Å². The van der Waals surface area contributed by atoms with E-state index in [0.717, 1.165) is 28.7 Å². The van der Waals surface area contributed by atoms with Crippen molar-refractivity contribution in [1.82, 2.24) is 10.2 Å². The first kappa shape index (κ1) is 23.1. The minimum Gasteiger partial charge on any atom is -0.481 e. The lowest BCUT2D eigenvalue weighted by atomic mass is 9.98. The van der Waals surface area contributed by atoms with Gasteiger partial charge in [-0.05, 0) is 28.7 Å². The van der Waals surface area contributed by atoms with Crippen LogP contribution in [0, 0.1) is 0 Å². The Kier molecular flexibility index (Phi) is 8.02. The van der Waals surface area contributed by atoms with Crippen LogP contribution < -0.4 is 5.32 Å². The van der Waals surface area contributed by atoms with E-state index in [4.69, 9.17) is 9.84 Å². The molecule has 1 aliphatic carbocycles. The van der Waals surface area contributed by atoms with E-state index in [1.165, 1.54) is 17.1 Å². The average Bonchev–Trinajstić information content (AvgIpc) is 3.11. The van der Waals surface area contributed by atoms with Crippen LogP contribution in [0.25, 0.3) is 11.1 Å². The fourth-order valence-electron chi connectivity index (χ4n) is 3.89. The number of nitrogens with one attached hydrogen (secondary N) is 1. The summed E-state index contributed by atoms with van der Waals surface area (Å²) < 4.78 is 5.45. The van der Waals surface area contributed by atoms with Gasteiger partial charge in [0.05, 0.1) is 6.42 Å². The van der Waals surface area contributed by atoms with Crippen molar-refractivity contribution < 1.29 is 24.2 Å². The van der Waals surface area contributed by atoms with Crippen molar-refractivity contribution in [2.24, 2.45) is 0 Å². The Morgan fingerprint density at radius 3 is 2.25 bits per heavy atom. The molecule has 1 aliphatic rings. The Bertz CT molecular complexity index is 956. The zero-order valence-corrected chi connectivity index (χ0v) is 18.1. The molecule has 0 radical (unpaired) electrons. The zero-order chi connectivity index (χ0) is 22.9. The monoisotopic (exact) mass is 436 g/mol. The summed E-state index contributed by atoms with van der Waals surface area (Å²) in [5.41, 5.74) is 4.62. The van der Waals surface area contributed by atoms with Gasteiger partial charge >= 0.3 is 12.1 Å². The van der Waals surface area contributed by atoms with Gasteiger partial charge in [-0.3, -0.25) is 9.59 Å². The summed E-state index contributed by atoms with van der Waals surface area (Å²) in [5.74, 6) is -1.23. The van der Waals surface area contributed by atoms with Gasteiger partial charge in [0.2, 0.25) is 5.91 Å². The van der Waals surface area contributed by atoms with E-state index in [2.05, 4.69) is 29.6 Å². The summed E-state index contributed by atoms with van der Waals surface area (Å²) in [4.78, 5) is 36.6. The van der Waals surface area contributed by atoms with Gasteiger partial charge < -0.3 is 20.1 Å². The smallest absolute Gasteiger partial charge is 0.407 e. The second-order valence-electron chi connectivity index (χ2n) is 7.58. The maximum Gasteiger partial charge on any atom is 0.407 e. The summed E-state index contributed by atoms with van der Waals surface area (Å²) in [6, 6.07) is 16.2. The van der Waals surface area contributed by atoms with E-state index in [0.29, 0.717) is 6.54 Å². The Morgan fingerprint density at radius 2 is 1.66 bits per heavy atom. The predicted octanol–water partition coefficient (Wildman–Crippen LogP) is 3.79. The number of alkyl carbamates (subject to hydrolysis) is 1. The van der Waals surface area contributed by atoms with Gasteiger partial charge in [0.25, 0.3) is 0 Å². The highest BCUT2D eigenvalue weighted by atomic mass is 16.5. The molecule has 0 aromatic heterocycles. The molecule has 2 N–H and O–H groups in total. The van der Waals surface area contributed by atoms with Crippen molar-refractivity contribution in [3.05, 3.63) is 71.8 Å². The van der Waals surface area contributed by atoms with E-state index in [1.54, 1.807) is 0 Å². The lowest BCUT2D eigenvalue weighted by molar-refractivity contribution is -0.138. The third kappa shape index (κ3) is 5.75. The Hall–Kier alpha value is -3.61. The number of aliphatic carboxylic acids is 1. The molecule has 2 aromatic carbocycles. The number of benzene rings is 2. The third-order valence-electron chi connectivity index (χ3n) is 5.37. The van der Waals surface area contributed by atoms with Crippen LogP contribution in [-0.4, -0.2) is 54.2 Å². The Balaban J connectivity index is 1.48. The molecule has 0 saturated heterocycles. The first-order chi connectivity index (χ1) is 15.5. The molecule has 0 aliphatic heterocycles. The van der Waals surface area contributed by atoms with Gasteiger partial charge in [-0.2, -0.15) is 0 Å². The van der Waals surface area contributed by atoms with E-state index in [-0.39, 0.29) is 37.9 Å². The van der Waals surface area contributed by atoms with E-state index in [1.807, 2.05) is 31.2 Å².